The second-order valence-corrected chi connectivity index (χ2v) is 8.92. The molecule has 0 unspecified atom stereocenters. The minimum Gasteiger partial charge on any atom is -0.479 e. The minimum atomic E-state index is -0.615. The predicted molar refractivity (Wildman–Crippen MR) is 128 cm³/mol. The van der Waals surface area contributed by atoms with Crippen molar-refractivity contribution in [3.8, 4) is 17.1 Å². The highest BCUT2D eigenvalue weighted by atomic mass is 19.1. The Labute approximate surface area is 201 Å². The first-order valence-electron chi connectivity index (χ1n) is 11.7. The molecule has 3 N–H and O–H groups in total. The Balaban J connectivity index is 1.58. The standard InChI is InChI=1S/C24H28FN7O3/c1-4-24(34)10-8-14(9-11-24)27-23-28-22(35-3)20-17(15(25)13-32(20)30-23)19-18(21(33)26-2)16-7-5-6-12-31(16)29-19/h5-7,12-14,34H,4,8-11H2,1-3H3,(H,26,33)(H,27,30). The number of ether oxygens (including phenoxy) is 1. The zero-order chi connectivity index (χ0) is 24.7. The summed E-state index contributed by atoms with van der Waals surface area (Å²) in [6, 6.07) is 5.40. The molecule has 4 heterocycles. The van der Waals surface area contributed by atoms with Crippen molar-refractivity contribution in [1.29, 1.82) is 0 Å². The van der Waals surface area contributed by atoms with Gasteiger partial charge in [0, 0.05) is 19.3 Å². The van der Waals surface area contributed by atoms with Crippen LogP contribution in [0, 0.1) is 5.82 Å². The zero-order valence-corrected chi connectivity index (χ0v) is 19.9. The van der Waals surface area contributed by atoms with Gasteiger partial charge in [0.2, 0.25) is 11.8 Å². The number of aliphatic hydroxyl groups is 1. The van der Waals surface area contributed by atoms with E-state index < -0.39 is 11.4 Å². The largest absolute Gasteiger partial charge is 0.479 e. The summed E-state index contributed by atoms with van der Waals surface area (Å²) >= 11 is 0. The number of anilines is 1. The lowest BCUT2D eigenvalue weighted by Crippen LogP contribution is -2.38. The third-order valence-corrected chi connectivity index (χ3v) is 6.88. The van der Waals surface area contributed by atoms with E-state index in [1.165, 1.54) is 29.4 Å². The molecule has 184 valence electrons. The van der Waals surface area contributed by atoms with Crippen molar-refractivity contribution in [1.82, 2.24) is 29.5 Å². The van der Waals surface area contributed by atoms with E-state index in [4.69, 9.17) is 4.74 Å². The summed E-state index contributed by atoms with van der Waals surface area (Å²) in [6.45, 7) is 1.99. The number of rotatable bonds is 6. The number of nitrogens with one attached hydrogen (secondary N) is 2. The van der Waals surface area contributed by atoms with Gasteiger partial charge in [-0.3, -0.25) is 4.79 Å². The molecule has 35 heavy (non-hydrogen) atoms. The molecule has 1 aliphatic rings. The first-order chi connectivity index (χ1) is 16.9. The second-order valence-electron chi connectivity index (χ2n) is 8.92. The van der Waals surface area contributed by atoms with E-state index in [1.54, 1.807) is 24.4 Å². The maximum absolute atomic E-state index is 15.4. The third-order valence-electron chi connectivity index (χ3n) is 6.88. The van der Waals surface area contributed by atoms with Crippen LogP contribution in [0.1, 0.15) is 49.4 Å². The summed E-state index contributed by atoms with van der Waals surface area (Å²) in [4.78, 5) is 17.3. The number of halogens is 1. The maximum atomic E-state index is 15.4. The fourth-order valence-corrected chi connectivity index (χ4v) is 4.81. The van der Waals surface area contributed by atoms with Gasteiger partial charge in [0.1, 0.15) is 11.2 Å². The highest BCUT2D eigenvalue weighted by Crippen LogP contribution is 2.37. The lowest BCUT2D eigenvalue weighted by Gasteiger charge is -2.35. The van der Waals surface area contributed by atoms with Crippen LogP contribution in [-0.2, 0) is 0 Å². The van der Waals surface area contributed by atoms with Crippen molar-refractivity contribution >= 4 is 22.9 Å². The highest BCUT2D eigenvalue weighted by molar-refractivity contribution is 6.08. The number of nitrogens with zero attached hydrogens (tertiary/aromatic N) is 5. The van der Waals surface area contributed by atoms with Crippen molar-refractivity contribution < 1.29 is 19.0 Å². The van der Waals surface area contributed by atoms with Crippen LogP contribution in [0.2, 0.25) is 0 Å². The number of pyridine rings is 1. The van der Waals surface area contributed by atoms with Gasteiger partial charge in [-0.2, -0.15) is 10.1 Å². The molecule has 1 saturated carbocycles. The van der Waals surface area contributed by atoms with Gasteiger partial charge in [0.15, 0.2) is 5.82 Å². The molecule has 0 aliphatic heterocycles. The number of fused-ring (bicyclic) bond motifs is 2. The first-order valence-corrected chi connectivity index (χ1v) is 11.7. The van der Waals surface area contributed by atoms with Gasteiger partial charge >= 0.3 is 0 Å². The molecule has 11 heteroatoms. The normalized spacial score (nSPS) is 20.3. The number of hydrogen-bond acceptors (Lipinski definition) is 7. The van der Waals surface area contributed by atoms with Crippen LogP contribution >= 0.6 is 0 Å². The van der Waals surface area contributed by atoms with E-state index in [2.05, 4.69) is 25.8 Å². The summed E-state index contributed by atoms with van der Waals surface area (Å²) < 4.78 is 23.9. The Morgan fingerprint density at radius 2 is 2.06 bits per heavy atom. The Morgan fingerprint density at radius 3 is 2.74 bits per heavy atom. The number of methoxy groups -OCH3 is 1. The van der Waals surface area contributed by atoms with Crippen LogP contribution < -0.4 is 15.4 Å². The van der Waals surface area contributed by atoms with Crippen LogP contribution in [0.3, 0.4) is 0 Å². The number of carbonyl (C=O) groups excluding carboxylic acids is 1. The van der Waals surface area contributed by atoms with Crippen LogP contribution in [0.4, 0.5) is 10.3 Å². The quantitative estimate of drug-likeness (QED) is 0.387. The van der Waals surface area contributed by atoms with Crippen LogP contribution in [0.15, 0.2) is 30.6 Å². The van der Waals surface area contributed by atoms with Crippen LogP contribution in [0.25, 0.3) is 22.3 Å². The molecule has 0 bridgehead atoms. The second kappa shape index (κ2) is 8.81. The zero-order valence-electron chi connectivity index (χ0n) is 19.9. The van der Waals surface area contributed by atoms with Crippen molar-refractivity contribution in [3.63, 3.8) is 0 Å². The average molecular weight is 482 g/mol. The molecule has 0 spiro atoms. The van der Waals surface area contributed by atoms with E-state index in [-0.39, 0.29) is 40.2 Å². The SMILES string of the molecule is CCC1(O)CCC(Nc2nc(OC)c3c(-c4nn5ccccc5c4C(=O)NC)c(F)cn3n2)CC1. The molecular formula is C24H28FN7O3. The topological polar surface area (TPSA) is 118 Å². The molecule has 1 aliphatic carbocycles. The van der Waals surface area contributed by atoms with Crippen LogP contribution in [0.5, 0.6) is 5.88 Å². The summed E-state index contributed by atoms with van der Waals surface area (Å²) in [7, 11) is 2.97. The molecule has 1 amide bonds. The van der Waals surface area contributed by atoms with E-state index in [9.17, 15) is 9.90 Å². The Hall–Kier alpha value is -3.73. The number of amides is 1. The number of carbonyl (C=O) groups is 1. The van der Waals surface area contributed by atoms with Crippen molar-refractivity contribution in [3.05, 3.63) is 42.0 Å². The van der Waals surface area contributed by atoms with Gasteiger partial charge in [-0.1, -0.05) is 13.0 Å². The van der Waals surface area contributed by atoms with Gasteiger partial charge in [-0.05, 0) is 44.2 Å². The summed E-state index contributed by atoms with van der Waals surface area (Å²) in [5, 5.41) is 25.4. The van der Waals surface area contributed by atoms with Gasteiger partial charge in [0.25, 0.3) is 5.91 Å². The molecule has 4 aromatic rings. The average Bonchev–Trinajstić information content (AvgIpc) is 3.41. The van der Waals surface area contributed by atoms with E-state index in [0.29, 0.717) is 24.3 Å². The van der Waals surface area contributed by atoms with Crippen molar-refractivity contribution in [2.24, 2.45) is 0 Å². The van der Waals surface area contributed by atoms with Crippen molar-refractivity contribution in [2.75, 3.05) is 19.5 Å². The fourth-order valence-electron chi connectivity index (χ4n) is 4.81. The Kier molecular flexibility index (Phi) is 5.79. The molecule has 0 aromatic carbocycles. The summed E-state index contributed by atoms with van der Waals surface area (Å²) in [5.41, 5.74) is 0.701. The highest BCUT2D eigenvalue weighted by Gasteiger charge is 2.32. The van der Waals surface area contributed by atoms with E-state index in [1.807, 2.05) is 6.92 Å². The predicted octanol–water partition coefficient (Wildman–Crippen LogP) is 3.05. The molecular weight excluding hydrogens is 453 g/mol. The molecule has 0 radical (unpaired) electrons. The number of aromatic nitrogens is 5. The van der Waals surface area contributed by atoms with Crippen molar-refractivity contribution in [2.45, 2.75) is 50.7 Å². The van der Waals surface area contributed by atoms with Crippen LogP contribution in [-0.4, -0.2) is 61.0 Å². The Morgan fingerprint density at radius 1 is 1.29 bits per heavy atom. The molecule has 0 atom stereocenters. The molecule has 10 nitrogen and oxygen atoms in total. The molecule has 0 saturated heterocycles. The Bertz CT molecular complexity index is 1410. The van der Waals surface area contributed by atoms with Gasteiger partial charge in [-0.25, -0.2) is 13.4 Å². The van der Waals surface area contributed by atoms with E-state index >= 15 is 4.39 Å². The summed E-state index contributed by atoms with van der Waals surface area (Å²) in [6.07, 6.45) is 6.59. The molecule has 4 aromatic heterocycles. The molecule has 1 fully saturated rings. The summed E-state index contributed by atoms with van der Waals surface area (Å²) in [5.74, 6) is -0.539. The van der Waals surface area contributed by atoms with Gasteiger partial charge < -0.3 is 20.5 Å². The third kappa shape index (κ3) is 3.95. The maximum Gasteiger partial charge on any atom is 0.255 e. The number of hydrogen-bond donors (Lipinski definition) is 3. The lowest BCUT2D eigenvalue weighted by molar-refractivity contribution is -0.00199. The first kappa shape index (κ1) is 23.0. The minimum absolute atomic E-state index is 0.0846. The van der Waals surface area contributed by atoms with Gasteiger partial charge in [-0.15, -0.1) is 5.10 Å². The smallest absolute Gasteiger partial charge is 0.255 e. The molecule has 5 rings (SSSR count). The monoisotopic (exact) mass is 481 g/mol. The van der Waals surface area contributed by atoms with Gasteiger partial charge in [0.05, 0.1) is 35.6 Å². The lowest BCUT2D eigenvalue weighted by atomic mass is 9.80. The van der Waals surface area contributed by atoms with E-state index in [0.717, 1.165) is 19.3 Å². The fraction of sp³-hybridized carbons (Fsp3) is 0.417.